The third-order valence-electron chi connectivity index (χ3n) is 6.35. The molecule has 39 heavy (non-hydrogen) atoms. The van der Waals surface area contributed by atoms with Gasteiger partial charge in [0.1, 0.15) is 6.61 Å². The molecule has 0 atom stereocenters. The maximum absolute atomic E-state index is 12.6. The summed E-state index contributed by atoms with van der Waals surface area (Å²) in [7, 11) is 1.78. The van der Waals surface area contributed by atoms with Crippen molar-refractivity contribution >= 4 is 23.8 Å². The van der Waals surface area contributed by atoms with Gasteiger partial charge >= 0.3 is 12.0 Å². The van der Waals surface area contributed by atoms with E-state index in [4.69, 9.17) is 9.47 Å². The normalized spacial score (nSPS) is 11.1. The summed E-state index contributed by atoms with van der Waals surface area (Å²) in [6.45, 7) is 5.26. The van der Waals surface area contributed by atoms with E-state index in [-0.39, 0.29) is 18.4 Å². The number of hydrogen-bond donors (Lipinski definition) is 1. The molecule has 0 saturated heterocycles. The smallest absolute Gasteiger partial charge is 0.373 e. The molecular formula is C33H40N2O4. The standard InChI is InChI=1S/C33H40N2O4/c1-4-6-7-8-12-22-34-33(37)35(3)30-17-13-16-29(24-30)28-20-18-26(19-21-28)23-31(38-5-2)32(36)39-25-27-14-10-9-11-15-27/h9-11,13-21,23-24H,4-8,12,22,25H2,1-3H3,(H,34,37)/b31-23+. The number of rotatable bonds is 14. The number of anilines is 1. The summed E-state index contributed by atoms with van der Waals surface area (Å²) in [6.07, 6.45) is 7.49. The van der Waals surface area contributed by atoms with Crippen LogP contribution >= 0.6 is 0 Å². The average Bonchev–Trinajstić information content (AvgIpc) is 2.98. The molecule has 0 saturated carbocycles. The first kappa shape index (κ1) is 29.5. The van der Waals surface area contributed by atoms with E-state index in [1.165, 1.54) is 19.3 Å². The molecule has 0 aliphatic heterocycles. The zero-order valence-corrected chi connectivity index (χ0v) is 23.3. The van der Waals surface area contributed by atoms with Gasteiger partial charge in [-0.25, -0.2) is 9.59 Å². The fourth-order valence-electron chi connectivity index (χ4n) is 4.09. The third-order valence-corrected chi connectivity index (χ3v) is 6.35. The second-order valence-corrected chi connectivity index (χ2v) is 9.38. The van der Waals surface area contributed by atoms with Gasteiger partial charge in [-0.05, 0) is 53.8 Å². The fourth-order valence-corrected chi connectivity index (χ4v) is 4.09. The highest BCUT2D eigenvalue weighted by molar-refractivity contribution is 5.92. The van der Waals surface area contributed by atoms with Crippen LogP contribution in [-0.2, 0) is 20.9 Å². The summed E-state index contributed by atoms with van der Waals surface area (Å²) in [5.41, 5.74) is 4.56. The molecule has 3 aromatic carbocycles. The van der Waals surface area contributed by atoms with E-state index in [9.17, 15) is 9.59 Å². The van der Waals surface area contributed by atoms with Crippen molar-refractivity contribution in [3.8, 4) is 11.1 Å². The zero-order chi connectivity index (χ0) is 27.9. The van der Waals surface area contributed by atoms with Crippen LogP contribution < -0.4 is 10.2 Å². The first-order valence-electron chi connectivity index (χ1n) is 13.8. The minimum atomic E-state index is -0.500. The summed E-state index contributed by atoms with van der Waals surface area (Å²) in [5.74, 6) is -0.332. The number of esters is 1. The minimum Gasteiger partial charge on any atom is -0.487 e. The highest BCUT2D eigenvalue weighted by Gasteiger charge is 2.14. The number of urea groups is 1. The topological polar surface area (TPSA) is 67.9 Å². The Balaban J connectivity index is 1.62. The lowest BCUT2D eigenvalue weighted by molar-refractivity contribution is -0.144. The highest BCUT2D eigenvalue weighted by Crippen LogP contribution is 2.25. The Morgan fingerprint density at radius 1 is 0.821 bits per heavy atom. The van der Waals surface area contributed by atoms with Crippen molar-refractivity contribution in [3.63, 3.8) is 0 Å². The molecule has 1 N–H and O–H groups in total. The van der Waals surface area contributed by atoms with Gasteiger partial charge in [0.15, 0.2) is 0 Å². The van der Waals surface area contributed by atoms with Gasteiger partial charge in [-0.2, -0.15) is 0 Å². The van der Waals surface area contributed by atoms with Crippen LogP contribution in [0.5, 0.6) is 0 Å². The van der Waals surface area contributed by atoms with E-state index in [1.54, 1.807) is 18.0 Å². The second kappa shape index (κ2) is 16.0. The van der Waals surface area contributed by atoms with E-state index < -0.39 is 5.97 Å². The Hall–Kier alpha value is -4.06. The van der Waals surface area contributed by atoms with Gasteiger partial charge in [-0.1, -0.05) is 99.3 Å². The molecule has 0 spiro atoms. The molecule has 2 amide bonds. The molecule has 206 valence electrons. The molecule has 0 fully saturated rings. The van der Waals surface area contributed by atoms with E-state index in [1.807, 2.05) is 85.8 Å². The monoisotopic (exact) mass is 528 g/mol. The fraction of sp³-hybridized carbons (Fsp3) is 0.333. The molecule has 0 radical (unpaired) electrons. The van der Waals surface area contributed by atoms with Gasteiger partial charge in [-0.15, -0.1) is 0 Å². The number of ether oxygens (including phenoxy) is 2. The van der Waals surface area contributed by atoms with Crippen molar-refractivity contribution < 1.29 is 19.1 Å². The molecule has 0 unspecified atom stereocenters. The number of hydrogen-bond acceptors (Lipinski definition) is 4. The van der Waals surface area contributed by atoms with Crippen LogP contribution in [0.2, 0.25) is 0 Å². The van der Waals surface area contributed by atoms with Gasteiger partial charge in [0.25, 0.3) is 0 Å². The van der Waals surface area contributed by atoms with Crippen molar-refractivity contribution in [2.24, 2.45) is 0 Å². The quantitative estimate of drug-likeness (QED) is 0.101. The predicted octanol–water partition coefficient (Wildman–Crippen LogP) is 7.59. The molecule has 3 aromatic rings. The van der Waals surface area contributed by atoms with Crippen molar-refractivity contribution in [1.82, 2.24) is 5.32 Å². The van der Waals surface area contributed by atoms with E-state index in [2.05, 4.69) is 12.2 Å². The molecule has 3 rings (SSSR count). The van der Waals surface area contributed by atoms with Crippen LogP contribution in [0, 0.1) is 0 Å². The van der Waals surface area contributed by atoms with Crippen molar-refractivity contribution in [2.75, 3.05) is 25.1 Å². The molecule has 6 heteroatoms. The summed E-state index contributed by atoms with van der Waals surface area (Å²) in [4.78, 5) is 26.9. The summed E-state index contributed by atoms with van der Waals surface area (Å²) >= 11 is 0. The number of unbranched alkanes of at least 4 members (excludes halogenated alkanes) is 4. The molecule has 0 aliphatic rings. The van der Waals surface area contributed by atoms with E-state index in [0.717, 1.165) is 40.8 Å². The number of benzene rings is 3. The molecular weight excluding hydrogens is 488 g/mol. The summed E-state index contributed by atoms with van der Waals surface area (Å²) in [6, 6.07) is 25.2. The van der Waals surface area contributed by atoms with Crippen LogP contribution in [0.4, 0.5) is 10.5 Å². The number of amides is 2. The lowest BCUT2D eigenvalue weighted by Crippen LogP contribution is -2.37. The number of carbonyl (C=O) groups is 2. The molecule has 0 aromatic heterocycles. The first-order valence-corrected chi connectivity index (χ1v) is 13.8. The highest BCUT2D eigenvalue weighted by atomic mass is 16.6. The largest absolute Gasteiger partial charge is 0.487 e. The van der Waals surface area contributed by atoms with Crippen molar-refractivity contribution in [1.29, 1.82) is 0 Å². The molecule has 6 nitrogen and oxygen atoms in total. The van der Waals surface area contributed by atoms with Crippen LogP contribution in [0.1, 0.15) is 57.1 Å². The van der Waals surface area contributed by atoms with Crippen LogP contribution in [-0.4, -0.2) is 32.2 Å². The zero-order valence-electron chi connectivity index (χ0n) is 23.3. The Morgan fingerprint density at radius 3 is 2.28 bits per heavy atom. The van der Waals surface area contributed by atoms with Crippen LogP contribution in [0.25, 0.3) is 17.2 Å². The summed E-state index contributed by atoms with van der Waals surface area (Å²) < 4.78 is 11.0. The van der Waals surface area contributed by atoms with Gasteiger partial charge in [-0.3, -0.25) is 4.90 Å². The Bertz CT molecular complexity index is 1210. The Labute approximate surface area is 232 Å². The van der Waals surface area contributed by atoms with Gasteiger partial charge in [0.05, 0.1) is 6.61 Å². The van der Waals surface area contributed by atoms with Crippen molar-refractivity contribution in [3.05, 3.63) is 95.7 Å². The minimum absolute atomic E-state index is 0.106. The number of nitrogens with zero attached hydrogens (tertiary/aromatic N) is 1. The third kappa shape index (κ3) is 9.64. The lowest BCUT2D eigenvalue weighted by atomic mass is 10.0. The van der Waals surface area contributed by atoms with E-state index >= 15 is 0 Å². The van der Waals surface area contributed by atoms with Gasteiger partial charge < -0.3 is 14.8 Å². The Kier molecular flexibility index (Phi) is 12.1. The predicted molar refractivity (Wildman–Crippen MR) is 158 cm³/mol. The van der Waals surface area contributed by atoms with Gasteiger partial charge in [0.2, 0.25) is 5.76 Å². The maximum atomic E-state index is 12.6. The molecule has 0 heterocycles. The van der Waals surface area contributed by atoms with Gasteiger partial charge in [0, 0.05) is 19.3 Å². The lowest BCUT2D eigenvalue weighted by Gasteiger charge is -2.19. The van der Waals surface area contributed by atoms with Crippen molar-refractivity contribution in [2.45, 2.75) is 52.6 Å². The van der Waals surface area contributed by atoms with E-state index in [0.29, 0.717) is 13.2 Å². The van der Waals surface area contributed by atoms with Crippen LogP contribution in [0.3, 0.4) is 0 Å². The molecule has 0 aliphatic carbocycles. The van der Waals surface area contributed by atoms with Crippen LogP contribution in [0.15, 0.2) is 84.6 Å². The maximum Gasteiger partial charge on any atom is 0.373 e. The average molecular weight is 529 g/mol. The Morgan fingerprint density at radius 2 is 1.56 bits per heavy atom. The SMILES string of the molecule is CCCCCCCNC(=O)N(C)c1cccc(-c2ccc(/C=C(/OCC)C(=O)OCc3ccccc3)cc2)c1. The number of nitrogens with one attached hydrogen (secondary N) is 1. The molecule has 0 bridgehead atoms. The second-order valence-electron chi connectivity index (χ2n) is 9.38. The number of carbonyl (C=O) groups excluding carboxylic acids is 2. The summed E-state index contributed by atoms with van der Waals surface area (Å²) in [5, 5.41) is 3.01. The first-order chi connectivity index (χ1) is 19.0.